The molecule has 0 spiro atoms. The summed E-state index contributed by atoms with van der Waals surface area (Å²) >= 11 is 0. The van der Waals surface area contributed by atoms with Gasteiger partial charge in [0.15, 0.2) is 17.0 Å². The van der Waals surface area contributed by atoms with Gasteiger partial charge >= 0.3 is 0 Å². The molecular weight excluding hydrogens is 488 g/mol. The van der Waals surface area contributed by atoms with Crippen molar-refractivity contribution in [1.82, 2.24) is 24.5 Å². The zero-order valence-electron chi connectivity index (χ0n) is 22.8. The van der Waals surface area contributed by atoms with Crippen LogP contribution in [0.2, 0.25) is 0 Å². The summed E-state index contributed by atoms with van der Waals surface area (Å²) in [5, 5.41) is 13.2. The minimum Gasteiger partial charge on any atom is -0.364 e. The zero-order valence-corrected chi connectivity index (χ0v) is 22.8. The van der Waals surface area contributed by atoms with E-state index in [4.69, 9.17) is 20.7 Å². The van der Waals surface area contributed by atoms with Gasteiger partial charge in [0, 0.05) is 31.2 Å². The summed E-state index contributed by atoms with van der Waals surface area (Å²) in [7, 11) is 0. The van der Waals surface area contributed by atoms with Crippen LogP contribution in [0.4, 0.5) is 23.1 Å². The van der Waals surface area contributed by atoms with E-state index in [9.17, 15) is 0 Å². The van der Waals surface area contributed by atoms with Crippen LogP contribution >= 0.6 is 0 Å². The smallest absolute Gasteiger partial charge is 0.227 e. The average Bonchev–Trinajstić information content (AvgIpc) is 3.70. The van der Waals surface area contributed by atoms with E-state index in [-0.39, 0.29) is 0 Å². The molecule has 1 aromatic carbocycles. The molecule has 2 saturated carbocycles. The number of rotatable bonds is 7. The maximum atomic E-state index is 6.15. The van der Waals surface area contributed by atoms with E-state index in [2.05, 4.69) is 55.2 Å². The Morgan fingerprint density at radius 3 is 2.33 bits per heavy atom. The largest absolute Gasteiger partial charge is 0.364 e. The van der Waals surface area contributed by atoms with Gasteiger partial charge in [-0.05, 0) is 75.8 Å². The molecule has 0 unspecified atom stereocenters. The number of imidazole rings is 1. The van der Waals surface area contributed by atoms with Crippen LogP contribution in [0.3, 0.4) is 0 Å². The van der Waals surface area contributed by atoms with Crippen molar-refractivity contribution in [2.24, 2.45) is 11.7 Å². The summed E-state index contributed by atoms with van der Waals surface area (Å²) < 4.78 is 2.29. The molecule has 208 valence electrons. The zero-order chi connectivity index (χ0) is 26.2. The first kappa shape index (κ1) is 24.9. The highest BCUT2D eigenvalue weighted by molar-refractivity contribution is 5.84. The Kier molecular flexibility index (Phi) is 6.90. The number of piperidine rings is 1. The fourth-order valence-corrected chi connectivity index (χ4v) is 6.98. The maximum absolute atomic E-state index is 6.15. The topological polar surface area (TPSA) is 121 Å². The number of para-hydroxylation sites is 2. The van der Waals surface area contributed by atoms with Gasteiger partial charge in [-0.2, -0.15) is 9.97 Å². The molecule has 6 N–H and O–H groups in total. The third-order valence-electron chi connectivity index (χ3n) is 9.28. The van der Waals surface area contributed by atoms with Crippen LogP contribution in [-0.4, -0.2) is 55.9 Å². The van der Waals surface area contributed by atoms with Crippen molar-refractivity contribution in [3.8, 4) is 0 Å². The molecule has 0 bridgehead atoms. The number of aromatic nitrogens is 4. The van der Waals surface area contributed by atoms with Crippen molar-refractivity contribution in [2.45, 2.75) is 94.9 Å². The molecule has 4 aliphatic rings. The fourth-order valence-electron chi connectivity index (χ4n) is 6.98. The van der Waals surface area contributed by atoms with Gasteiger partial charge in [0.1, 0.15) is 0 Å². The first-order chi connectivity index (χ1) is 19.2. The number of nitrogens with two attached hydrogens (primary N) is 1. The van der Waals surface area contributed by atoms with Crippen LogP contribution in [0.1, 0.15) is 76.7 Å². The summed E-state index contributed by atoms with van der Waals surface area (Å²) in [6.07, 6.45) is 14.9. The predicted octanol–water partition coefficient (Wildman–Crippen LogP) is 4.92. The van der Waals surface area contributed by atoms with Gasteiger partial charge in [0.05, 0.1) is 23.9 Å². The Balaban J connectivity index is 1.04. The van der Waals surface area contributed by atoms with Crippen molar-refractivity contribution >= 4 is 34.3 Å². The summed E-state index contributed by atoms with van der Waals surface area (Å²) in [6, 6.07) is 9.66. The second kappa shape index (κ2) is 10.8. The highest BCUT2D eigenvalue weighted by Crippen LogP contribution is 2.35. The molecule has 3 fully saturated rings. The lowest BCUT2D eigenvalue weighted by molar-refractivity contribution is 0.207. The number of hydrogen-bond acceptors (Lipinski definition) is 9. The normalized spacial score (nSPS) is 24.9. The first-order valence-electron chi connectivity index (χ1n) is 15.1. The van der Waals surface area contributed by atoms with Crippen molar-refractivity contribution in [3.05, 3.63) is 30.6 Å². The minimum atomic E-state index is 0.316. The Morgan fingerprint density at radius 1 is 0.897 bits per heavy atom. The molecule has 7 rings (SSSR count). The lowest BCUT2D eigenvalue weighted by Gasteiger charge is -2.33. The van der Waals surface area contributed by atoms with Crippen LogP contribution in [0.5, 0.6) is 0 Å². The summed E-state index contributed by atoms with van der Waals surface area (Å²) in [5.41, 5.74) is 14.1. The molecule has 2 aliphatic carbocycles. The van der Waals surface area contributed by atoms with E-state index < -0.39 is 0 Å². The summed E-state index contributed by atoms with van der Waals surface area (Å²) in [5.74, 6) is 2.21. The molecule has 4 heterocycles. The predicted molar refractivity (Wildman–Crippen MR) is 157 cm³/mol. The standard InChI is InChI=1S/C29H42N10/c30-20-9-11-21(12-10-20)32-29-35-27(26-28(36-29)39(18-31-26)22-5-1-2-6-22)37-38-15-13-19(14-16-38)17-25-33-23-7-3-4-8-24(23)34-25/h3-4,7-8,18-22,25,33-34H,1-2,5-6,9-17,30H2,(H2,32,35,36,37)/t20-,21-. The molecule has 39 heavy (non-hydrogen) atoms. The number of benzene rings is 1. The summed E-state index contributed by atoms with van der Waals surface area (Å²) in [6.45, 7) is 1.98. The lowest BCUT2D eigenvalue weighted by Crippen LogP contribution is -2.40. The molecule has 1 saturated heterocycles. The van der Waals surface area contributed by atoms with Gasteiger partial charge in [-0.15, -0.1) is 0 Å². The van der Waals surface area contributed by atoms with E-state index in [0.717, 1.165) is 75.0 Å². The van der Waals surface area contributed by atoms with E-state index >= 15 is 0 Å². The van der Waals surface area contributed by atoms with Crippen molar-refractivity contribution in [1.29, 1.82) is 0 Å². The second-order valence-electron chi connectivity index (χ2n) is 12.1. The van der Waals surface area contributed by atoms with Crippen LogP contribution in [-0.2, 0) is 0 Å². The first-order valence-corrected chi connectivity index (χ1v) is 15.1. The average molecular weight is 531 g/mol. The molecule has 0 amide bonds. The molecule has 10 nitrogen and oxygen atoms in total. The molecule has 2 aliphatic heterocycles. The van der Waals surface area contributed by atoms with Crippen LogP contribution in [0.25, 0.3) is 11.2 Å². The second-order valence-corrected chi connectivity index (χ2v) is 12.1. The van der Waals surface area contributed by atoms with Gasteiger partial charge in [-0.25, -0.2) is 9.99 Å². The number of hydrazine groups is 1. The quantitative estimate of drug-likeness (QED) is 0.290. The third kappa shape index (κ3) is 5.36. The van der Waals surface area contributed by atoms with Crippen LogP contribution < -0.4 is 27.1 Å². The van der Waals surface area contributed by atoms with Crippen molar-refractivity contribution in [3.63, 3.8) is 0 Å². The van der Waals surface area contributed by atoms with Crippen LogP contribution in [0, 0.1) is 5.92 Å². The van der Waals surface area contributed by atoms with Crippen molar-refractivity contribution < 1.29 is 0 Å². The van der Waals surface area contributed by atoms with Gasteiger partial charge in [0.25, 0.3) is 0 Å². The molecule has 10 heteroatoms. The highest BCUT2D eigenvalue weighted by atomic mass is 15.5. The molecular formula is C29H42N10. The Hall–Kier alpha value is -3.11. The Labute approximate surface area is 230 Å². The highest BCUT2D eigenvalue weighted by Gasteiger charge is 2.28. The molecule has 3 aromatic rings. The van der Waals surface area contributed by atoms with Gasteiger partial charge in [0.2, 0.25) is 5.95 Å². The SMILES string of the molecule is N[C@H]1CC[C@H](Nc2nc(NN3CCC(CC4Nc5ccccc5N4)CC3)c3ncn(C4CCCC4)c3n2)CC1. The lowest BCUT2D eigenvalue weighted by atomic mass is 9.92. The van der Waals surface area contributed by atoms with Gasteiger partial charge < -0.3 is 31.7 Å². The minimum absolute atomic E-state index is 0.316. The van der Waals surface area contributed by atoms with Gasteiger partial charge in [-0.3, -0.25) is 0 Å². The fraction of sp³-hybridized carbons (Fsp3) is 0.621. The molecule has 0 atom stereocenters. The Morgan fingerprint density at radius 2 is 1.62 bits per heavy atom. The Bertz CT molecular complexity index is 1240. The van der Waals surface area contributed by atoms with Gasteiger partial charge in [-0.1, -0.05) is 25.0 Å². The van der Waals surface area contributed by atoms with Crippen molar-refractivity contribution in [2.75, 3.05) is 34.5 Å². The summed E-state index contributed by atoms with van der Waals surface area (Å²) in [4.78, 5) is 14.8. The maximum Gasteiger partial charge on any atom is 0.227 e. The van der Waals surface area contributed by atoms with E-state index in [1.165, 1.54) is 37.1 Å². The number of nitrogens with zero attached hydrogens (tertiary/aromatic N) is 5. The van der Waals surface area contributed by atoms with E-state index in [1.54, 1.807) is 0 Å². The monoisotopic (exact) mass is 530 g/mol. The molecule has 0 radical (unpaired) electrons. The number of fused-ring (bicyclic) bond motifs is 2. The number of anilines is 4. The van der Waals surface area contributed by atoms with Crippen LogP contribution in [0.15, 0.2) is 30.6 Å². The van der Waals surface area contributed by atoms with E-state index in [0.29, 0.717) is 36.2 Å². The third-order valence-corrected chi connectivity index (χ3v) is 9.28. The van der Waals surface area contributed by atoms with E-state index in [1.807, 2.05) is 6.33 Å². The number of hydrogen-bond donors (Lipinski definition) is 5. The number of nitrogens with one attached hydrogen (secondary N) is 4. The molecule has 2 aromatic heterocycles.